The number of carbonyl (C=O) groups excluding carboxylic acids is 3. The molecule has 0 aromatic carbocycles. The predicted molar refractivity (Wildman–Crippen MR) is 78.3 cm³/mol. The molecule has 0 bridgehead atoms. The highest BCUT2D eigenvalue weighted by Gasteiger charge is 2.29. The number of rotatable bonds is 5. The number of hydrogen-bond acceptors (Lipinski definition) is 4. The molecule has 7 heteroatoms. The summed E-state index contributed by atoms with van der Waals surface area (Å²) in [6.07, 6.45) is 1.17. The largest absolute Gasteiger partial charge is 0.355 e. The second-order valence-corrected chi connectivity index (χ2v) is 5.93. The monoisotopic (exact) mass is 305 g/mol. The van der Waals surface area contributed by atoms with E-state index in [1.807, 2.05) is 20.8 Å². The van der Waals surface area contributed by atoms with Crippen LogP contribution in [0.1, 0.15) is 40.0 Å². The molecule has 3 N–H and O–H groups in total. The quantitative estimate of drug-likeness (QED) is 0.569. The molecule has 0 spiro atoms. The van der Waals surface area contributed by atoms with Gasteiger partial charge in [-0.3, -0.25) is 19.3 Å². The lowest BCUT2D eigenvalue weighted by atomic mass is 9.87. The minimum atomic E-state index is -0.567. The third-order valence-electron chi connectivity index (χ3n) is 3.23. The van der Waals surface area contributed by atoms with Crippen LogP contribution in [0.4, 0.5) is 0 Å². The van der Waals surface area contributed by atoms with Crippen molar-refractivity contribution in [3.05, 3.63) is 0 Å². The lowest BCUT2D eigenvalue weighted by molar-refractivity contribution is -0.138. The van der Waals surface area contributed by atoms with Crippen molar-refractivity contribution < 1.29 is 14.4 Å². The van der Waals surface area contributed by atoms with Gasteiger partial charge in [-0.25, -0.2) is 0 Å². The molecule has 0 radical (unpaired) electrons. The average Bonchev–Trinajstić information content (AvgIpc) is 2.63. The van der Waals surface area contributed by atoms with Crippen LogP contribution in [0.2, 0.25) is 0 Å². The third-order valence-corrected chi connectivity index (χ3v) is 3.23. The first kappa shape index (κ1) is 18.9. The molecule has 0 aromatic heterocycles. The summed E-state index contributed by atoms with van der Waals surface area (Å²) < 4.78 is 0. The maximum Gasteiger partial charge on any atom is 0.237 e. The third kappa shape index (κ3) is 5.09. The Balaban J connectivity index is 0.00000361. The minimum absolute atomic E-state index is 0. The first-order chi connectivity index (χ1) is 8.73. The zero-order valence-electron chi connectivity index (χ0n) is 12.3. The van der Waals surface area contributed by atoms with E-state index in [4.69, 9.17) is 5.73 Å². The molecule has 20 heavy (non-hydrogen) atoms. The van der Waals surface area contributed by atoms with E-state index in [1.54, 1.807) is 0 Å². The van der Waals surface area contributed by atoms with Crippen molar-refractivity contribution >= 4 is 30.1 Å². The van der Waals surface area contributed by atoms with Crippen molar-refractivity contribution in [3.8, 4) is 0 Å². The highest BCUT2D eigenvalue weighted by Crippen LogP contribution is 2.17. The van der Waals surface area contributed by atoms with Crippen molar-refractivity contribution in [2.75, 3.05) is 13.1 Å². The van der Waals surface area contributed by atoms with Crippen molar-refractivity contribution in [1.29, 1.82) is 0 Å². The summed E-state index contributed by atoms with van der Waals surface area (Å²) in [5, 5.41) is 2.73. The van der Waals surface area contributed by atoms with E-state index in [2.05, 4.69) is 5.32 Å². The fourth-order valence-electron chi connectivity index (χ4n) is 1.82. The lowest BCUT2D eigenvalue weighted by Crippen LogP contribution is -2.49. The molecule has 0 saturated carbocycles. The first-order valence-electron chi connectivity index (χ1n) is 6.60. The summed E-state index contributed by atoms with van der Waals surface area (Å²) >= 11 is 0. The molecule has 1 rings (SSSR count). The molecule has 6 nitrogen and oxygen atoms in total. The van der Waals surface area contributed by atoms with Crippen LogP contribution >= 0.6 is 12.4 Å². The van der Waals surface area contributed by atoms with Gasteiger partial charge in [0.25, 0.3) is 0 Å². The van der Waals surface area contributed by atoms with Gasteiger partial charge in [-0.15, -0.1) is 12.4 Å². The van der Waals surface area contributed by atoms with Gasteiger partial charge in [0.05, 0.1) is 6.04 Å². The van der Waals surface area contributed by atoms with Crippen LogP contribution < -0.4 is 11.1 Å². The number of imide groups is 1. The summed E-state index contributed by atoms with van der Waals surface area (Å²) in [7, 11) is 0. The van der Waals surface area contributed by atoms with Gasteiger partial charge < -0.3 is 11.1 Å². The zero-order chi connectivity index (χ0) is 14.6. The molecule has 0 aromatic rings. The summed E-state index contributed by atoms with van der Waals surface area (Å²) in [5.74, 6) is -0.447. The molecule has 3 amide bonds. The van der Waals surface area contributed by atoms with Gasteiger partial charge in [0.1, 0.15) is 0 Å². The topological polar surface area (TPSA) is 92.5 Å². The van der Waals surface area contributed by atoms with Gasteiger partial charge in [0.15, 0.2) is 0 Å². The number of amides is 3. The van der Waals surface area contributed by atoms with Gasteiger partial charge >= 0.3 is 0 Å². The second kappa shape index (κ2) is 7.59. The van der Waals surface area contributed by atoms with Crippen LogP contribution in [0.3, 0.4) is 0 Å². The van der Waals surface area contributed by atoms with E-state index in [9.17, 15) is 14.4 Å². The number of nitrogens with two attached hydrogens (primary N) is 1. The Hall–Kier alpha value is -1.14. The van der Waals surface area contributed by atoms with Crippen molar-refractivity contribution in [2.45, 2.75) is 46.1 Å². The van der Waals surface area contributed by atoms with Crippen LogP contribution in [0.5, 0.6) is 0 Å². The number of nitrogens with one attached hydrogen (secondary N) is 1. The SMILES string of the molecule is CC(C)(C)[C@H](N)C(=O)NCCCN1C(=O)CCC1=O.Cl. The predicted octanol–water partition coefficient (Wildman–Crippen LogP) is 0.437. The number of carbonyl (C=O) groups is 3. The van der Waals surface area contributed by atoms with E-state index < -0.39 is 6.04 Å². The molecular formula is C13H24ClN3O3. The van der Waals surface area contributed by atoms with Gasteiger partial charge in [-0.1, -0.05) is 20.8 Å². The van der Waals surface area contributed by atoms with Gasteiger partial charge in [-0.2, -0.15) is 0 Å². The molecule has 116 valence electrons. The molecule has 1 aliphatic rings. The normalized spacial score (nSPS) is 16.9. The Morgan fingerprint density at radius 3 is 2.25 bits per heavy atom. The maximum atomic E-state index is 11.7. The summed E-state index contributed by atoms with van der Waals surface area (Å²) in [6, 6.07) is -0.567. The van der Waals surface area contributed by atoms with E-state index >= 15 is 0 Å². The standard InChI is InChI=1S/C13H23N3O3.ClH/c1-13(2,3)11(14)12(19)15-7-4-8-16-9(17)5-6-10(16)18;/h11H,4-8,14H2,1-3H3,(H,15,19);1H/t11-;/m1./s1. The first-order valence-corrected chi connectivity index (χ1v) is 6.60. The summed E-state index contributed by atoms with van der Waals surface area (Å²) in [5.41, 5.74) is 5.53. The Morgan fingerprint density at radius 1 is 1.30 bits per heavy atom. The summed E-state index contributed by atoms with van der Waals surface area (Å²) in [6.45, 7) is 6.48. The highest BCUT2D eigenvalue weighted by molar-refractivity contribution is 6.01. The van der Waals surface area contributed by atoms with Gasteiger partial charge in [0, 0.05) is 25.9 Å². The maximum absolute atomic E-state index is 11.7. The van der Waals surface area contributed by atoms with Crippen molar-refractivity contribution in [2.24, 2.45) is 11.1 Å². The average molecular weight is 306 g/mol. The van der Waals surface area contributed by atoms with Gasteiger partial charge in [-0.05, 0) is 11.8 Å². The number of halogens is 1. The van der Waals surface area contributed by atoms with Crippen molar-refractivity contribution in [1.82, 2.24) is 10.2 Å². The smallest absolute Gasteiger partial charge is 0.237 e. The van der Waals surface area contributed by atoms with E-state index in [0.717, 1.165) is 0 Å². The zero-order valence-corrected chi connectivity index (χ0v) is 13.1. The summed E-state index contributed by atoms with van der Waals surface area (Å²) in [4.78, 5) is 35.7. The molecular weight excluding hydrogens is 282 g/mol. The number of nitrogens with zero attached hydrogens (tertiary/aromatic N) is 1. The van der Waals surface area contributed by atoms with Crippen LogP contribution in [0.25, 0.3) is 0 Å². The van der Waals surface area contributed by atoms with Crippen LogP contribution in [0, 0.1) is 5.41 Å². The second-order valence-electron chi connectivity index (χ2n) is 5.93. The Kier molecular flexibility index (Phi) is 7.16. The molecule has 0 aliphatic carbocycles. The van der Waals surface area contributed by atoms with Crippen molar-refractivity contribution in [3.63, 3.8) is 0 Å². The highest BCUT2D eigenvalue weighted by atomic mass is 35.5. The number of likely N-dealkylation sites (tertiary alicyclic amines) is 1. The minimum Gasteiger partial charge on any atom is -0.355 e. The number of hydrogen-bond donors (Lipinski definition) is 2. The molecule has 1 saturated heterocycles. The van der Waals surface area contributed by atoms with E-state index in [1.165, 1.54) is 4.90 Å². The molecule has 1 atom stereocenters. The molecule has 1 aliphatic heterocycles. The Morgan fingerprint density at radius 2 is 1.80 bits per heavy atom. The molecule has 0 unspecified atom stereocenters. The Bertz CT molecular complexity index is 364. The van der Waals surface area contributed by atoms with Crippen LogP contribution in [0.15, 0.2) is 0 Å². The lowest BCUT2D eigenvalue weighted by Gasteiger charge is -2.25. The van der Waals surface area contributed by atoms with Gasteiger partial charge in [0.2, 0.25) is 17.7 Å². The molecule has 1 fully saturated rings. The fraction of sp³-hybridized carbons (Fsp3) is 0.769. The Labute approximate surface area is 125 Å². The fourth-order valence-corrected chi connectivity index (χ4v) is 1.82. The van der Waals surface area contributed by atoms with E-state index in [-0.39, 0.29) is 35.5 Å². The van der Waals surface area contributed by atoms with Crippen LogP contribution in [-0.4, -0.2) is 41.8 Å². The van der Waals surface area contributed by atoms with Crippen LogP contribution in [-0.2, 0) is 14.4 Å². The van der Waals surface area contributed by atoms with E-state index in [0.29, 0.717) is 32.4 Å². The molecule has 1 heterocycles.